The maximum Gasteiger partial charge on any atom is 0.242 e. The summed E-state index contributed by atoms with van der Waals surface area (Å²) in [5, 5.41) is 15.9. The minimum Gasteiger partial charge on any atom is -0.339 e. The van der Waals surface area contributed by atoms with Crippen molar-refractivity contribution in [3.63, 3.8) is 0 Å². The second kappa shape index (κ2) is 8.93. The van der Waals surface area contributed by atoms with Gasteiger partial charge in [-0.25, -0.2) is 0 Å². The first-order valence-electron chi connectivity index (χ1n) is 9.24. The number of H-pyrrole nitrogens is 1. The van der Waals surface area contributed by atoms with Crippen LogP contribution in [0.4, 0.5) is 0 Å². The fourth-order valence-corrected chi connectivity index (χ4v) is 3.48. The normalized spacial score (nSPS) is 14.9. The van der Waals surface area contributed by atoms with Crippen LogP contribution in [0.2, 0.25) is 0 Å². The first kappa shape index (κ1) is 19.3. The zero-order valence-corrected chi connectivity index (χ0v) is 16.3. The number of hydrogen-bond donors (Lipinski definition) is 1. The molecule has 0 atom stereocenters. The van der Waals surface area contributed by atoms with Crippen molar-refractivity contribution in [3.8, 4) is 6.07 Å². The Balaban J connectivity index is 1.52. The molecule has 1 fully saturated rings. The van der Waals surface area contributed by atoms with Crippen molar-refractivity contribution in [1.82, 2.24) is 24.6 Å². The number of benzene rings is 1. The maximum atomic E-state index is 12.7. The van der Waals surface area contributed by atoms with Crippen molar-refractivity contribution < 1.29 is 4.79 Å². The third-order valence-electron chi connectivity index (χ3n) is 4.82. The molecular formula is C19H24N6OS. The number of carbonyl (C=O) groups excluding carboxylic acids is 1. The highest BCUT2D eigenvalue weighted by Crippen LogP contribution is 2.11. The Kier molecular flexibility index (Phi) is 6.37. The number of amides is 1. The molecule has 1 aromatic carbocycles. The number of piperazine rings is 1. The molecule has 3 rings (SSSR count). The van der Waals surface area contributed by atoms with Gasteiger partial charge in [0.2, 0.25) is 5.91 Å². The third-order valence-corrected chi connectivity index (χ3v) is 5.13. The Morgan fingerprint density at radius 1 is 1.26 bits per heavy atom. The van der Waals surface area contributed by atoms with Crippen molar-refractivity contribution >= 4 is 18.1 Å². The average Bonchev–Trinajstić information content (AvgIpc) is 3.03. The molecule has 0 spiro atoms. The van der Waals surface area contributed by atoms with Gasteiger partial charge in [-0.1, -0.05) is 19.1 Å². The van der Waals surface area contributed by atoms with E-state index in [1.807, 2.05) is 33.7 Å². The van der Waals surface area contributed by atoms with Gasteiger partial charge in [0.1, 0.15) is 12.4 Å². The molecule has 0 saturated carbocycles. The molecule has 1 aliphatic heterocycles. The van der Waals surface area contributed by atoms with E-state index >= 15 is 0 Å². The van der Waals surface area contributed by atoms with Crippen LogP contribution in [0.25, 0.3) is 0 Å². The van der Waals surface area contributed by atoms with Crippen LogP contribution in [0.1, 0.15) is 30.3 Å². The second-order valence-corrected chi connectivity index (χ2v) is 7.13. The molecule has 0 bridgehead atoms. The number of hydrogen-bond acceptors (Lipinski definition) is 5. The van der Waals surface area contributed by atoms with E-state index in [1.54, 1.807) is 0 Å². The topological polar surface area (TPSA) is 81.0 Å². The summed E-state index contributed by atoms with van der Waals surface area (Å²) < 4.78 is 2.32. The predicted octanol–water partition coefficient (Wildman–Crippen LogP) is 2.11. The van der Waals surface area contributed by atoms with Crippen molar-refractivity contribution in [3.05, 3.63) is 46.0 Å². The number of nitriles is 1. The summed E-state index contributed by atoms with van der Waals surface area (Å²) in [6.07, 6.45) is 1.76. The molecule has 0 radical (unpaired) electrons. The third kappa shape index (κ3) is 4.81. The predicted molar refractivity (Wildman–Crippen MR) is 104 cm³/mol. The highest BCUT2D eigenvalue weighted by molar-refractivity contribution is 7.71. The number of nitrogens with zero attached hydrogens (tertiary/aromatic N) is 5. The molecule has 27 heavy (non-hydrogen) atoms. The number of aromatic nitrogens is 3. The first-order valence-corrected chi connectivity index (χ1v) is 9.64. The van der Waals surface area contributed by atoms with Gasteiger partial charge >= 0.3 is 0 Å². The van der Waals surface area contributed by atoms with E-state index in [1.165, 1.54) is 5.56 Å². The number of nitrogens with one attached hydrogen (secondary N) is 1. The van der Waals surface area contributed by atoms with Gasteiger partial charge in [0.15, 0.2) is 4.77 Å². The Morgan fingerprint density at radius 3 is 2.59 bits per heavy atom. The van der Waals surface area contributed by atoms with E-state index in [-0.39, 0.29) is 12.5 Å². The summed E-state index contributed by atoms with van der Waals surface area (Å²) in [6, 6.07) is 9.81. The minimum atomic E-state index is 0.0860. The molecule has 7 nitrogen and oxygen atoms in total. The average molecular weight is 385 g/mol. The maximum absolute atomic E-state index is 12.7. The zero-order chi connectivity index (χ0) is 19.2. The van der Waals surface area contributed by atoms with Gasteiger partial charge in [-0.15, -0.1) is 0 Å². The van der Waals surface area contributed by atoms with Gasteiger partial charge < -0.3 is 4.90 Å². The Morgan fingerprint density at radius 2 is 1.96 bits per heavy atom. The van der Waals surface area contributed by atoms with Crippen LogP contribution in [0.5, 0.6) is 0 Å². The molecule has 1 saturated heterocycles. The zero-order valence-electron chi connectivity index (χ0n) is 15.5. The first-order chi connectivity index (χ1) is 13.1. The summed E-state index contributed by atoms with van der Waals surface area (Å²) in [5.74, 6) is 0.929. The van der Waals surface area contributed by atoms with E-state index < -0.39 is 0 Å². The molecule has 142 valence electrons. The Bertz CT molecular complexity index is 871. The van der Waals surface area contributed by atoms with Crippen LogP contribution in [0, 0.1) is 16.1 Å². The standard InChI is InChI=1S/C19H24N6OS/c1-2-3-17-21-22-19(27)25(17)14-18(26)24-10-8-23(9-11-24)13-16-6-4-15(12-20)5-7-16/h4-7H,2-3,8-11,13-14H2,1H3,(H,22,27). The molecule has 1 aliphatic rings. The molecule has 0 unspecified atom stereocenters. The molecule has 0 aliphatic carbocycles. The van der Waals surface area contributed by atoms with Crippen LogP contribution < -0.4 is 0 Å². The van der Waals surface area contributed by atoms with Gasteiger partial charge in [-0.3, -0.25) is 19.4 Å². The van der Waals surface area contributed by atoms with E-state index in [9.17, 15) is 4.79 Å². The SMILES string of the molecule is CCCc1n[nH]c(=S)n1CC(=O)N1CCN(Cc2ccc(C#N)cc2)CC1. The fourth-order valence-electron chi connectivity index (χ4n) is 3.26. The molecular weight excluding hydrogens is 360 g/mol. The van der Waals surface area contributed by atoms with E-state index in [0.717, 1.165) is 38.3 Å². The van der Waals surface area contributed by atoms with Crippen molar-refractivity contribution in [2.24, 2.45) is 0 Å². The summed E-state index contributed by atoms with van der Waals surface area (Å²) in [4.78, 5) is 16.9. The Hall–Kier alpha value is -2.50. The second-order valence-electron chi connectivity index (χ2n) is 6.75. The quantitative estimate of drug-likeness (QED) is 0.772. The number of aromatic amines is 1. The van der Waals surface area contributed by atoms with Gasteiger partial charge in [0.05, 0.1) is 11.6 Å². The molecule has 1 amide bonds. The summed E-state index contributed by atoms with van der Waals surface area (Å²) in [7, 11) is 0. The largest absolute Gasteiger partial charge is 0.339 e. The van der Waals surface area contributed by atoms with Gasteiger partial charge in [-0.2, -0.15) is 10.4 Å². The number of aryl methyl sites for hydroxylation is 1. The fraction of sp³-hybridized carbons (Fsp3) is 0.474. The lowest BCUT2D eigenvalue weighted by Gasteiger charge is -2.34. The monoisotopic (exact) mass is 384 g/mol. The van der Waals surface area contributed by atoms with E-state index in [2.05, 4.69) is 28.1 Å². The Labute approximate surface area is 164 Å². The van der Waals surface area contributed by atoms with E-state index in [4.69, 9.17) is 17.5 Å². The molecule has 8 heteroatoms. The highest BCUT2D eigenvalue weighted by atomic mass is 32.1. The van der Waals surface area contributed by atoms with Crippen molar-refractivity contribution in [1.29, 1.82) is 5.26 Å². The molecule has 2 heterocycles. The van der Waals surface area contributed by atoms with Gasteiger partial charge in [0.25, 0.3) is 0 Å². The van der Waals surface area contributed by atoms with Crippen LogP contribution in [0.15, 0.2) is 24.3 Å². The van der Waals surface area contributed by atoms with Crippen LogP contribution in [0.3, 0.4) is 0 Å². The summed E-state index contributed by atoms with van der Waals surface area (Å²) >= 11 is 5.26. The lowest BCUT2D eigenvalue weighted by atomic mass is 10.1. The number of rotatable bonds is 6. The summed E-state index contributed by atoms with van der Waals surface area (Å²) in [6.45, 7) is 6.26. The lowest BCUT2D eigenvalue weighted by Crippen LogP contribution is -2.49. The molecule has 1 N–H and O–H groups in total. The van der Waals surface area contributed by atoms with E-state index in [0.29, 0.717) is 23.4 Å². The minimum absolute atomic E-state index is 0.0860. The smallest absolute Gasteiger partial charge is 0.242 e. The van der Waals surface area contributed by atoms with Crippen molar-refractivity contribution in [2.75, 3.05) is 26.2 Å². The molecule has 2 aromatic rings. The molecule has 1 aromatic heterocycles. The van der Waals surface area contributed by atoms with Crippen LogP contribution >= 0.6 is 12.2 Å². The van der Waals surface area contributed by atoms with Crippen molar-refractivity contribution in [2.45, 2.75) is 32.9 Å². The van der Waals surface area contributed by atoms with Gasteiger partial charge in [0, 0.05) is 39.1 Å². The van der Waals surface area contributed by atoms with Crippen LogP contribution in [-0.4, -0.2) is 56.7 Å². The lowest BCUT2D eigenvalue weighted by molar-refractivity contribution is -0.133. The van der Waals surface area contributed by atoms with Crippen LogP contribution in [-0.2, 0) is 24.3 Å². The highest BCUT2D eigenvalue weighted by Gasteiger charge is 2.22. The van der Waals surface area contributed by atoms with Gasteiger partial charge in [-0.05, 0) is 36.3 Å². The summed E-state index contributed by atoms with van der Waals surface area (Å²) in [5.41, 5.74) is 1.86. The number of carbonyl (C=O) groups is 1.